The lowest BCUT2D eigenvalue weighted by Crippen LogP contribution is -2.79. The lowest BCUT2D eigenvalue weighted by molar-refractivity contribution is -0.290. The van der Waals surface area contributed by atoms with Gasteiger partial charge in [-0.05, 0) is 43.5 Å². The van der Waals surface area contributed by atoms with Crippen molar-refractivity contribution >= 4 is 29.5 Å². The second-order valence-corrected chi connectivity index (χ2v) is 13.8. The molecule has 3 saturated carbocycles. The second-order valence-electron chi connectivity index (χ2n) is 13.8. The van der Waals surface area contributed by atoms with E-state index in [0.29, 0.717) is 0 Å². The van der Waals surface area contributed by atoms with Crippen LogP contribution in [0.5, 0.6) is 0 Å². The molecule has 0 unspecified atom stereocenters. The Balaban J connectivity index is 1.73. The molecule has 244 valence electrons. The number of hydrogen-bond donors (Lipinski definition) is 2. The molecule has 0 bridgehead atoms. The lowest BCUT2D eigenvalue weighted by Gasteiger charge is -2.67. The largest absolute Gasteiger partial charge is 0.455 e. The molecule has 0 radical (unpaired) electrons. The summed E-state index contributed by atoms with van der Waals surface area (Å²) in [5, 5.41) is 23.8. The minimum absolute atomic E-state index is 0.156. The topological polar surface area (TPSA) is 154 Å². The highest BCUT2D eigenvalue weighted by molar-refractivity contribution is 6.06. The van der Waals surface area contributed by atoms with Crippen molar-refractivity contribution in [1.82, 2.24) is 0 Å². The lowest BCUT2D eigenvalue weighted by atomic mass is 9.39. The van der Waals surface area contributed by atoms with E-state index < -0.39 is 87.6 Å². The Bertz CT molecular complexity index is 1570. The first-order chi connectivity index (χ1) is 21.5. The third kappa shape index (κ3) is 4.98. The van der Waals surface area contributed by atoms with E-state index in [1.54, 1.807) is 69.3 Å². The molecule has 2 N–H and O–H groups in total. The van der Waals surface area contributed by atoms with Gasteiger partial charge in [0.25, 0.3) is 0 Å². The first-order valence-corrected chi connectivity index (χ1v) is 15.3. The number of aliphatic hydroxyl groups is 2. The van der Waals surface area contributed by atoms with E-state index in [2.05, 4.69) is 6.58 Å². The Morgan fingerprint density at radius 2 is 1.35 bits per heavy atom. The number of aliphatic hydroxyl groups excluding tert-OH is 1. The molecule has 0 spiro atoms. The Morgan fingerprint density at radius 3 is 1.83 bits per heavy atom. The van der Waals surface area contributed by atoms with Crippen molar-refractivity contribution in [3.63, 3.8) is 0 Å². The van der Waals surface area contributed by atoms with Crippen molar-refractivity contribution in [2.45, 2.75) is 77.5 Å². The van der Waals surface area contributed by atoms with Gasteiger partial charge in [0.05, 0.1) is 28.6 Å². The number of carbonyl (C=O) groups is 5. The van der Waals surface area contributed by atoms with Crippen molar-refractivity contribution < 1.29 is 48.4 Å². The van der Waals surface area contributed by atoms with Gasteiger partial charge in [-0.15, -0.1) is 6.58 Å². The first-order valence-electron chi connectivity index (χ1n) is 15.3. The van der Waals surface area contributed by atoms with Crippen LogP contribution < -0.4 is 0 Å². The smallest absolute Gasteiger partial charge is 0.338 e. The quantitative estimate of drug-likeness (QED) is 0.273. The molecule has 9 atom stereocenters. The second kappa shape index (κ2) is 11.6. The third-order valence-electron chi connectivity index (χ3n) is 10.6. The van der Waals surface area contributed by atoms with Crippen LogP contribution in [0, 0.1) is 28.1 Å². The van der Waals surface area contributed by atoms with Crippen LogP contribution in [0.15, 0.2) is 73.3 Å². The van der Waals surface area contributed by atoms with Crippen molar-refractivity contribution in [3.05, 3.63) is 84.4 Å². The van der Waals surface area contributed by atoms with Crippen molar-refractivity contribution in [1.29, 1.82) is 0 Å². The zero-order valence-corrected chi connectivity index (χ0v) is 26.6. The monoisotopic (exact) mass is 632 g/mol. The van der Waals surface area contributed by atoms with E-state index in [1.807, 2.05) is 0 Å². The Labute approximate surface area is 267 Å². The van der Waals surface area contributed by atoms with Crippen molar-refractivity contribution in [2.24, 2.45) is 28.1 Å². The van der Waals surface area contributed by atoms with Crippen molar-refractivity contribution in [2.75, 3.05) is 0 Å². The molecule has 2 aromatic rings. The summed E-state index contributed by atoms with van der Waals surface area (Å²) in [6.45, 7) is 11.4. The van der Waals surface area contributed by atoms with E-state index in [4.69, 9.17) is 14.2 Å². The van der Waals surface area contributed by atoms with Crippen LogP contribution in [-0.4, -0.2) is 69.7 Å². The average Bonchev–Trinajstić information content (AvgIpc) is 3.02. The molecular formula is C36H40O10. The molecule has 3 fully saturated rings. The fourth-order valence-electron chi connectivity index (χ4n) is 8.41. The summed E-state index contributed by atoms with van der Waals surface area (Å²) in [5.74, 6) is -6.04. The molecule has 0 amide bonds. The highest BCUT2D eigenvalue weighted by Crippen LogP contribution is 2.66. The van der Waals surface area contributed by atoms with Gasteiger partial charge in [-0.25, -0.2) is 9.59 Å². The first kappa shape index (κ1) is 33.2. The highest BCUT2D eigenvalue weighted by Gasteiger charge is 2.77. The van der Waals surface area contributed by atoms with Crippen LogP contribution in [0.4, 0.5) is 0 Å². The van der Waals surface area contributed by atoms with Gasteiger partial charge in [-0.1, -0.05) is 63.2 Å². The van der Waals surface area contributed by atoms with E-state index in [-0.39, 0.29) is 24.0 Å². The van der Waals surface area contributed by atoms with Crippen LogP contribution in [0.2, 0.25) is 0 Å². The molecule has 3 aliphatic carbocycles. The van der Waals surface area contributed by atoms with Gasteiger partial charge >= 0.3 is 17.9 Å². The van der Waals surface area contributed by atoms with Crippen LogP contribution in [0.25, 0.3) is 0 Å². The molecule has 46 heavy (non-hydrogen) atoms. The van der Waals surface area contributed by atoms with Crippen LogP contribution >= 0.6 is 0 Å². The van der Waals surface area contributed by atoms with Crippen LogP contribution in [0.1, 0.15) is 68.2 Å². The SMILES string of the molecule is C=C[C@@]1(C)CC(=O)[C@H]2[C@](O)(C1=O)[C@H](O)C[C@H]1C(C)(C)[C@H](OC(=O)c3ccccc3)[C@@H](OC(C)=O)[C@H](OC(=O)c3ccccc3)[C@@]12C. The van der Waals surface area contributed by atoms with Crippen LogP contribution in [0.3, 0.4) is 0 Å². The summed E-state index contributed by atoms with van der Waals surface area (Å²) in [6, 6.07) is 16.2. The fourth-order valence-corrected chi connectivity index (χ4v) is 8.41. The highest BCUT2D eigenvalue weighted by atomic mass is 16.6. The summed E-state index contributed by atoms with van der Waals surface area (Å²) >= 11 is 0. The van der Waals surface area contributed by atoms with Gasteiger partial charge in [-0.3, -0.25) is 14.4 Å². The van der Waals surface area contributed by atoms with Gasteiger partial charge in [0.2, 0.25) is 0 Å². The molecule has 2 aromatic carbocycles. The molecule has 3 aliphatic rings. The van der Waals surface area contributed by atoms with Gasteiger partial charge in [0, 0.05) is 24.2 Å². The van der Waals surface area contributed by atoms with E-state index in [0.717, 1.165) is 6.92 Å². The summed E-state index contributed by atoms with van der Waals surface area (Å²) in [4.78, 5) is 68.2. The maximum absolute atomic E-state index is 14.2. The fraction of sp³-hybridized carbons (Fsp3) is 0.472. The molecule has 0 saturated heterocycles. The standard InChI is InChI=1S/C36H40O10/c1-7-34(5)19-23(38)27-35(6)24(18-25(39)36(27,43)32(34)42)33(3,4)28(45-30(40)21-14-10-8-11-15-21)26(44-20(2)37)29(35)46-31(41)22-16-12-9-13-17-22/h7-17,24-29,39,43H,1,18-19H2,2-6H3/t24-,25+,26+,27+,28+,29-,34-,35-,36-/m0/s1. The summed E-state index contributed by atoms with van der Waals surface area (Å²) < 4.78 is 18.1. The maximum Gasteiger partial charge on any atom is 0.338 e. The summed E-state index contributed by atoms with van der Waals surface area (Å²) in [5.41, 5.74) is -6.43. The number of Topliss-reactive ketones (excluding diaryl/α,β-unsaturated/α-hetero) is 2. The van der Waals surface area contributed by atoms with Gasteiger partial charge in [0.1, 0.15) is 18.0 Å². The van der Waals surface area contributed by atoms with Crippen LogP contribution in [-0.2, 0) is 28.6 Å². The molecule has 10 heteroatoms. The van der Waals surface area contributed by atoms with E-state index in [1.165, 1.54) is 25.1 Å². The zero-order valence-electron chi connectivity index (χ0n) is 26.6. The number of allylic oxidation sites excluding steroid dienone is 1. The normalized spacial score (nSPS) is 36.4. The zero-order chi connectivity index (χ0) is 33.8. The number of rotatable bonds is 6. The number of hydrogen-bond acceptors (Lipinski definition) is 10. The number of ether oxygens (including phenoxy) is 3. The molecular weight excluding hydrogens is 592 g/mol. The Morgan fingerprint density at radius 1 is 0.848 bits per heavy atom. The Hall–Kier alpha value is -4.15. The number of carbonyl (C=O) groups excluding carboxylic acids is 5. The number of fused-ring (bicyclic) bond motifs is 3. The molecule has 5 rings (SSSR count). The van der Waals surface area contributed by atoms with Gasteiger partial charge < -0.3 is 24.4 Å². The molecule has 10 nitrogen and oxygen atoms in total. The van der Waals surface area contributed by atoms with Gasteiger partial charge in [-0.2, -0.15) is 0 Å². The van der Waals surface area contributed by atoms with E-state index in [9.17, 15) is 34.2 Å². The van der Waals surface area contributed by atoms with Crippen molar-refractivity contribution in [3.8, 4) is 0 Å². The number of benzene rings is 2. The van der Waals surface area contributed by atoms with E-state index >= 15 is 0 Å². The Kier molecular flexibility index (Phi) is 8.36. The summed E-state index contributed by atoms with van der Waals surface area (Å²) in [7, 11) is 0. The average molecular weight is 633 g/mol. The predicted octanol–water partition coefficient (Wildman–Crippen LogP) is 3.88. The number of esters is 3. The van der Waals surface area contributed by atoms with Gasteiger partial charge in [0.15, 0.2) is 17.5 Å². The minimum Gasteiger partial charge on any atom is -0.455 e. The molecule has 0 aromatic heterocycles. The molecule has 0 aliphatic heterocycles. The summed E-state index contributed by atoms with van der Waals surface area (Å²) in [6.07, 6.45) is -5.18. The molecule has 0 heterocycles. The predicted molar refractivity (Wildman–Crippen MR) is 164 cm³/mol. The number of ketones is 2. The third-order valence-corrected chi connectivity index (χ3v) is 10.6. The maximum atomic E-state index is 14.2. The minimum atomic E-state index is -2.58.